The van der Waals surface area contributed by atoms with Gasteiger partial charge in [-0.15, -0.1) is 11.6 Å². The molecule has 0 atom stereocenters. The fourth-order valence-electron chi connectivity index (χ4n) is 1.43. The van der Waals surface area contributed by atoms with Crippen molar-refractivity contribution in [3.63, 3.8) is 0 Å². The van der Waals surface area contributed by atoms with E-state index in [9.17, 15) is 9.59 Å². The van der Waals surface area contributed by atoms with Crippen molar-refractivity contribution in [2.75, 3.05) is 19.5 Å². The molecule has 0 saturated heterocycles. The van der Waals surface area contributed by atoms with Gasteiger partial charge in [0.25, 0.3) is 0 Å². The van der Waals surface area contributed by atoms with Gasteiger partial charge in [-0.25, -0.2) is 4.79 Å². The lowest BCUT2D eigenvalue weighted by molar-refractivity contribution is -0.119. The highest BCUT2D eigenvalue weighted by molar-refractivity contribution is 6.19. The van der Waals surface area contributed by atoms with Crippen LogP contribution in [0.5, 0.6) is 5.75 Å². The van der Waals surface area contributed by atoms with Crippen molar-refractivity contribution in [2.24, 2.45) is 0 Å². The molecule has 104 valence electrons. The van der Waals surface area contributed by atoms with Gasteiger partial charge in [0.05, 0.1) is 7.11 Å². The first kappa shape index (κ1) is 15.3. The number of urea groups is 1. The quantitative estimate of drug-likeness (QED) is 0.781. The predicted octanol–water partition coefficient (Wildman–Crippen LogP) is 1.69. The molecule has 5 nitrogen and oxygen atoms in total. The van der Waals surface area contributed by atoms with Crippen LogP contribution in [0.1, 0.15) is 12.0 Å². The van der Waals surface area contributed by atoms with E-state index in [0.29, 0.717) is 13.0 Å². The maximum absolute atomic E-state index is 11.3. The van der Waals surface area contributed by atoms with Gasteiger partial charge >= 0.3 is 6.03 Å². The Balaban J connectivity index is 2.25. The van der Waals surface area contributed by atoms with E-state index in [-0.39, 0.29) is 18.2 Å². The summed E-state index contributed by atoms with van der Waals surface area (Å²) in [6.07, 6.45) is 0.814. The average Bonchev–Trinajstić information content (AvgIpc) is 2.39. The van der Waals surface area contributed by atoms with Crippen molar-refractivity contribution in [1.82, 2.24) is 10.6 Å². The number of ether oxygens (including phenoxy) is 1. The van der Waals surface area contributed by atoms with E-state index in [1.807, 2.05) is 24.3 Å². The molecule has 0 heterocycles. The molecule has 0 aromatic heterocycles. The molecular weight excluding hydrogens is 268 g/mol. The molecule has 2 N–H and O–H groups in total. The van der Waals surface area contributed by atoms with Gasteiger partial charge < -0.3 is 10.1 Å². The van der Waals surface area contributed by atoms with Crippen LogP contribution in [-0.4, -0.2) is 31.5 Å². The normalized spacial score (nSPS) is 9.79. The fraction of sp³-hybridized carbons (Fsp3) is 0.385. The third kappa shape index (κ3) is 6.10. The van der Waals surface area contributed by atoms with Crippen LogP contribution in [0.25, 0.3) is 0 Å². The molecule has 0 aliphatic rings. The number of amides is 3. The molecule has 0 aliphatic carbocycles. The first-order valence-electron chi connectivity index (χ1n) is 5.92. The van der Waals surface area contributed by atoms with Crippen LogP contribution in [0, 0.1) is 0 Å². The highest BCUT2D eigenvalue weighted by atomic mass is 35.5. The summed E-state index contributed by atoms with van der Waals surface area (Å²) in [5.41, 5.74) is 1.08. The van der Waals surface area contributed by atoms with Crippen LogP contribution >= 0.6 is 11.6 Å². The van der Waals surface area contributed by atoms with Gasteiger partial charge in [0.15, 0.2) is 0 Å². The fourth-order valence-corrected chi connectivity index (χ4v) is 1.60. The van der Waals surface area contributed by atoms with E-state index in [4.69, 9.17) is 16.3 Å². The van der Waals surface area contributed by atoms with Crippen LogP contribution in [0.4, 0.5) is 4.79 Å². The Labute approximate surface area is 117 Å². The van der Waals surface area contributed by atoms with E-state index < -0.39 is 6.03 Å². The summed E-state index contributed by atoms with van der Waals surface area (Å²) in [7, 11) is 1.61. The average molecular weight is 285 g/mol. The predicted molar refractivity (Wildman–Crippen MR) is 73.6 cm³/mol. The first-order chi connectivity index (χ1) is 9.15. The number of imide groups is 1. The Morgan fingerprint density at radius 2 is 1.95 bits per heavy atom. The van der Waals surface area contributed by atoms with Gasteiger partial charge in [-0.1, -0.05) is 12.1 Å². The minimum absolute atomic E-state index is 0.132. The smallest absolute Gasteiger partial charge is 0.321 e. The number of halogens is 1. The molecule has 0 radical (unpaired) electrons. The van der Waals surface area contributed by atoms with E-state index in [0.717, 1.165) is 11.3 Å². The molecule has 0 spiro atoms. The highest BCUT2D eigenvalue weighted by Gasteiger charge is 2.05. The zero-order chi connectivity index (χ0) is 14.1. The molecule has 0 unspecified atom stereocenters. The molecule has 1 aromatic carbocycles. The molecular formula is C13H17ClN2O3. The molecule has 0 fully saturated rings. The number of carbonyl (C=O) groups excluding carboxylic acids is 2. The van der Waals surface area contributed by atoms with Crippen LogP contribution < -0.4 is 15.4 Å². The van der Waals surface area contributed by atoms with Crippen molar-refractivity contribution < 1.29 is 14.3 Å². The summed E-state index contributed by atoms with van der Waals surface area (Å²) in [6, 6.07) is 7.08. The molecule has 0 saturated carbocycles. The van der Waals surface area contributed by atoms with E-state index >= 15 is 0 Å². The summed E-state index contributed by atoms with van der Waals surface area (Å²) in [5.74, 6) is 0.614. The summed E-state index contributed by atoms with van der Waals surface area (Å²) in [5, 5.41) is 4.80. The van der Waals surface area contributed by atoms with Gasteiger partial charge in [0.2, 0.25) is 5.91 Å². The standard InChI is InChI=1S/C13H17ClN2O3/c1-19-11-4-2-10(3-5-11)7-9-15-13(18)16-12(17)6-8-14/h2-5H,6-9H2,1H3,(H2,15,16,17,18). The topological polar surface area (TPSA) is 67.4 Å². The van der Waals surface area contributed by atoms with E-state index in [1.165, 1.54) is 0 Å². The molecule has 0 bridgehead atoms. The Bertz CT molecular complexity index is 420. The van der Waals surface area contributed by atoms with Gasteiger partial charge in [-0.3, -0.25) is 10.1 Å². The monoisotopic (exact) mass is 284 g/mol. The van der Waals surface area contributed by atoms with Crippen LogP contribution in [0.3, 0.4) is 0 Å². The number of rotatable bonds is 6. The van der Waals surface area contributed by atoms with Crippen molar-refractivity contribution in [3.8, 4) is 5.75 Å². The third-order valence-electron chi connectivity index (χ3n) is 2.43. The first-order valence-corrected chi connectivity index (χ1v) is 6.45. The molecule has 0 aliphatic heterocycles. The number of nitrogens with one attached hydrogen (secondary N) is 2. The number of carbonyl (C=O) groups is 2. The number of hydrogen-bond acceptors (Lipinski definition) is 3. The summed E-state index contributed by atoms with van der Waals surface area (Å²) in [4.78, 5) is 22.4. The summed E-state index contributed by atoms with van der Waals surface area (Å²) < 4.78 is 5.05. The minimum Gasteiger partial charge on any atom is -0.497 e. The summed E-state index contributed by atoms with van der Waals surface area (Å²) in [6.45, 7) is 0.451. The van der Waals surface area contributed by atoms with Crippen molar-refractivity contribution in [1.29, 1.82) is 0 Å². The molecule has 19 heavy (non-hydrogen) atoms. The zero-order valence-corrected chi connectivity index (χ0v) is 11.5. The maximum atomic E-state index is 11.3. The zero-order valence-electron chi connectivity index (χ0n) is 10.7. The lowest BCUT2D eigenvalue weighted by Crippen LogP contribution is -2.40. The Morgan fingerprint density at radius 3 is 2.53 bits per heavy atom. The van der Waals surface area contributed by atoms with Crippen LogP contribution in [-0.2, 0) is 11.2 Å². The second-order valence-corrected chi connectivity index (χ2v) is 4.22. The third-order valence-corrected chi connectivity index (χ3v) is 2.62. The van der Waals surface area contributed by atoms with Crippen molar-refractivity contribution >= 4 is 23.5 Å². The summed E-state index contributed by atoms with van der Waals surface area (Å²) >= 11 is 5.39. The second kappa shape index (κ2) is 8.37. The SMILES string of the molecule is COc1ccc(CCNC(=O)NC(=O)CCCl)cc1. The van der Waals surface area contributed by atoms with Crippen LogP contribution in [0.2, 0.25) is 0 Å². The Morgan fingerprint density at radius 1 is 1.26 bits per heavy atom. The molecule has 6 heteroatoms. The second-order valence-electron chi connectivity index (χ2n) is 3.84. The van der Waals surface area contributed by atoms with Gasteiger partial charge in [0, 0.05) is 18.8 Å². The van der Waals surface area contributed by atoms with E-state index in [2.05, 4.69) is 10.6 Å². The minimum atomic E-state index is -0.497. The number of benzene rings is 1. The number of hydrogen-bond donors (Lipinski definition) is 2. The largest absolute Gasteiger partial charge is 0.497 e. The van der Waals surface area contributed by atoms with E-state index in [1.54, 1.807) is 7.11 Å². The maximum Gasteiger partial charge on any atom is 0.321 e. The molecule has 1 aromatic rings. The lowest BCUT2D eigenvalue weighted by atomic mass is 10.1. The lowest BCUT2D eigenvalue weighted by Gasteiger charge is -2.06. The Hall–Kier alpha value is -1.75. The van der Waals surface area contributed by atoms with Gasteiger partial charge in [-0.2, -0.15) is 0 Å². The number of methoxy groups -OCH3 is 1. The van der Waals surface area contributed by atoms with Crippen molar-refractivity contribution in [3.05, 3.63) is 29.8 Å². The van der Waals surface area contributed by atoms with Gasteiger partial charge in [-0.05, 0) is 24.1 Å². The Kier molecular flexibility index (Phi) is 6.74. The number of alkyl halides is 1. The molecule has 1 rings (SSSR count). The highest BCUT2D eigenvalue weighted by Crippen LogP contribution is 2.11. The van der Waals surface area contributed by atoms with Crippen LogP contribution in [0.15, 0.2) is 24.3 Å². The molecule has 3 amide bonds. The van der Waals surface area contributed by atoms with Crippen molar-refractivity contribution in [2.45, 2.75) is 12.8 Å². The van der Waals surface area contributed by atoms with Gasteiger partial charge in [0.1, 0.15) is 5.75 Å².